The van der Waals surface area contributed by atoms with Gasteiger partial charge in [-0.1, -0.05) is 26.2 Å². The number of aromatic nitrogens is 1. The van der Waals surface area contributed by atoms with Crippen molar-refractivity contribution >= 4 is 23.2 Å². The first kappa shape index (κ1) is 17.9. The molecule has 1 fully saturated rings. The first-order chi connectivity index (χ1) is 11.1. The zero-order chi connectivity index (χ0) is 16.9. The molecule has 0 aromatic carbocycles. The Morgan fingerprint density at radius 1 is 1.22 bits per heavy atom. The van der Waals surface area contributed by atoms with E-state index in [1.807, 2.05) is 25.7 Å². The molecule has 0 aliphatic heterocycles. The van der Waals surface area contributed by atoms with Gasteiger partial charge in [0.15, 0.2) is 0 Å². The van der Waals surface area contributed by atoms with Crippen molar-refractivity contribution in [1.82, 2.24) is 15.2 Å². The van der Waals surface area contributed by atoms with Crippen LogP contribution in [0, 0.1) is 0 Å². The number of nitrogens with zero attached hydrogens (tertiary/aromatic N) is 2. The molecule has 128 valence electrons. The molecule has 6 heteroatoms. The van der Waals surface area contributed by atoms with Crippen LogP contribution in [0.1, 0.15) is 67.6 Å². The van der Waals surface area contributed by atoms with Crippen LogP contribution in [0.4, 0.5) is 0 Å². The Morgan fingerprint density at radius 2 is 1.87 bits per heavy atom. The SMILES string of the molecule is CCc1ncc(C(=O)NC2(C(=O)N(CC)CC)CCCCC2)s1. The molecule has 1 aromatic rings. The molecule has 1 N–H and O–H groups in total. The van der Waals surface area contributed by atoms with Crippen molar-refractivity contribution in [3.8, 4) is 0 Å². The van der Waals surface area contributed by atoms with Crippen LogP contribution in [0.25, 0.3) is 0 Å². The van der Waals surface area contributed by atoms with Crippen molar-refractivity contribution in [2.24, 2.45) is 0 Å². The number of hydrogen-bond donors (Lipinski definition) is 1. The van der Waals surface area contributed by atoms with Gasteiger partial charge in [-0.3, -0.25) is 9.59 Å². The van der Waals surface area contributed by atoms with Crippen molar-refractivity contribution in [2.45, 2.75) is 64.8 Å². The summed E-state index contributed by atoms with van der Waals surface area (Å²) in [6.07, 6.45) is 7.00. The highest BCUT2D eigenvalue weighted by Crippen LogP contribution is 2.31. The Balaban J connectivity index is 2.20. The largest absolute Gasteiger partial charge is 0.341 e. The van der Waals surface area contributed by atoms with E-state index >= 15 is 0 Å². The summed E-state index contributed by atoms with van der Waals surface area (Å²) < 4.78 is 0. The second kappa shape index (κ2) is 7.90. The summed E-state index contributed by atoms with van der Waals surface area (Å²) in [4.78, 5) is 32.3. The number of nitrogens with one attached hydrogen (secondary N) is 1. The van der Waals surface area contributed by atoms with E-state index < -0.39 is 5.54 Å². The van der Waals surface area contributed by atoms with E-state index in [1.54, 1.807) is 6.20 Å². The number of thiazole rings is 1. The molecular formula is C17H27N3O2S. The van der Waals surface area contributed by atoms with E-state index in [0.717, 1.165) is 43.5 Å². The monoisotopic (exact) mass is 337 g/mol. The van der Waals surface area contributed by atoms with E-state index in [-0.39, 0.29) is 11.8 Å². The van der Waals surface area contributed by atoms with Crippen LogP contribution < -0.4 is 5.32 Å². The second-order valence-corrected chi connectivity index (χ2v) is 7.16. The van der Waals surface area contributed by atoms with E-state index in [0.29, 0.717) is 18.0 Å². The number of rotatable bonds is 6. The highest BCUT2D eigenvalue weighted by molar-refractivity contribution is 7.13. The van der Waals surface area contributed by atoms with Crippen molar-refractivity contribution in [3.05, 3.63) is 16.1 Å². The molecule has 0 radical (unpaired) electrons. The van der Waals surface area contributed by atoms with Crippen LogP contribution in [0.15, 0.2) is 6.20 Å². The van der Waals surface area contributed by atoms with E-state index in [4.69, 9.17) is 0 Å². The maximum atomic E-state index is 13.0. The Bertz CT molecular complexity index is 546. The summed E-state index contributed by atoms with van der Waals surface area (Å²) in [5.74, 6) is -0.0969. The molecule has 23 heavy (non-hydrogen) atoms. The van der Waals surface area contributed by atoms with Gasteiger partial charge in [-0.05, 0) is 33.1 Å². The fourth-order valence-corrected chi connectivity index (χ4v) is 3.97. The smallest absolute Gasteiger partial charge is 0.263 e. The van der Waals surface area contributed by atoms with Gasteiger partial charge in [0, 0.05) is 13.1 Å². The van der Waals surface area contributed by atoms with Gasteiger partial charge < -0.3 is 10.2 Å². The third-order valence-electron chi connectivity index (χ3n) is 4.60. The molecule has 2 rings (SSSR count). The lowest BCUT2D eigenvalue weighted by atomic mass is 9.80. The van der Waals surface area contributed by atoms with Gasteiger partial charge in [0.1, 0.15) is 10.4 Å². The van der Waals surface area contributed by atoms with Gasteiger partial charge in [-0.25, -0.2) is 4.98 Å². The minimum atomic E-state index is -0.738. The van der Waals surface area contributed by atoms with Crippen LogP contribution >= 0.6 is 11.3 Å². The maximum absolute atomic E-state index is 13.0. The number of carbonyl (C=O) groups is 2. The predicted octanol–water partition coefficient (Wildman–Crippen LogP) is 3.01. The summed E-state index contributed by atoms with van der Waals surface area (Å²) in [7, 11) is 0. The highest BCUT2D eigenvalue weighted by atomic mass is 32.1. The van der Waals surface area contributed by atoms with E-state index in [9.17, 15) is 9.59 Å². The number of likely N-dealkylation sites (N-methyl/N-ethyl adjacent to an activating group) is 1. The minimum absolute atomic E-state index is 0.0655. The van der Waals surface area contributed by atoms with Crippen LogP contribution in [0.3, 0.4) is 0 Å². The quantitative estimate of drug-likeness (QED) is 0.868. The van der Waals surface area contributed by atoms with Crippen molar-refractivity contribution < 1.29 is 9.59 Å². The van der Waals surface area contributed by atoms with E-state index in [2.05, 4.69) is 10.3 Å². The maximum Gasteiger partial charge on any atom is 0.263 e. The second-order valence-electron chi connectivity index (χ2n) is 6.05. The number of aryl methyl sites for hydroxylation is 1. The molecular weight excluding hydrogens is 310 g/mol. The summed E-state index contributed by atoms with van der Waals surface area (Å²) in [6, 6.07) is 0. The van der Waals surface area contributed by atoms with Gasteiger partial charge >= 0.3 is 0 Å². The average Bonchev–Trinajstić information content (AvgIpc) is 3.06. The standard InChI is InChI=1S/C17H27N3O2S/c1-4-14-18-12-13(23-14)15(21)19-17(10-8-7-9-11-17)16(22)20(5-2)6-3/h12H,4-11H2,1-3H3,(H,19,21). The molecule has 1 saturated carbocycles. The van der Waals surface area contributed by atoms with Gasteiger partial charge in [0.25, 0.3) is 5.91 Å². The first-order valence-electron chi connectivity index (χ1n) is 8.63. The molecule has 1 aromatic heterocycles. The molecule has 5 nitrogen and oxygen atoms in total. The number of amides is 2. The molecule has 0 saturated heterocycles. The predicted molar refractivity (Wildman–Crippen MR) is 92.7 cm³/mol. The molecule has 0 unspecified atom stereocenters. The minimum Gasteiger partial charge on any atom is -0.341 e. The van der Waals surface area contributed by atoms with Crippen LogP contribution in [0.5, 0.6) is 0 Å². The number of hydrogen-bond acceptors (Lipinski definition) is 4. The highest BCUT2D eigenvalue weighted by Gasteiger charge is 2.43. The Labute approximate surface area is 142 Å². The van der Waals surface area contributed by atoms with Crippen molar-refractivity contribution in [2.75, 3.05) is 13.1 Å². The lowest BCUT2D eigenvalue weighted by Gasteiger charge is -2.39. The van der Waals surface area contributed by atoms with Crippen LogP contribution in [-0.4, -0.2) is 40.3 Å². The normalized spacial score (nSPS) is 16.8. The third-order valence-corrected chi connectivity index (χ3v) is 5.74. The molecule has 2 amide bonds. The third kappa shape index (κ3) is 3.91. The molecule has 1 aliphatic rings. The Hall–Kier alpha value is -1.43. The Morgan fingerprint density at radius 3 is 2.39 bits per heavy atom. The summed E-state index contributed by atoms with van der Waals surface area (Å²) >= 11 is 1.41. The average molecular weight is 337 g/mol. The van der Waals surface area contributed by atoms with E-state index in [1.165, 1.54) is 11.3 Å². The Kier molecular flexibility index (Phi) is 6.16. The molecule has 0 atom stereocenters. The van der Waals surface area contributed by atoms with Crippen LogP contribution in [0.2, 0.25) is 0 Å². The molecule has 1 heterocycles. The lowest BCUT2D eigenvalue weighted by molar-refractivity contribution is -0.139. The molecule has 0 spiro atoms. The van der Waals surface area contributed by atoms with Gasteiger partial charge in [-0.15, -0.1) is 11.3 Å². The zero-order valence-electron chi connectivity index (χ0n) is 14.4. The number of carbonyl (C=O) groups excluding carboxylic acids is 2. The molecule has 1 aliphatic carbocycles. The van der Waals surface area contributed by atoms with Crippen LogP contribution in [-0.2, 0) is 11.2 Å². The zero-order valence-corrected chi connectivity index (χ0v) is 15.2. The van der Waals surface area contributed by atoms with Gasteiger partial charge in [-0.2, -0.15) is 0 Å². The molecule has 0 bridgehead atoms. The van der Waals surface area contributed by atoms with Gasteiger partial charge in [0.2, 0.25) is 5.91 Å². The van der Waals surface area contributed by atoms with Gasteiger partial charge in [0.05, 0.1) is 11.2 Å². The topological polar surface area (TPSA) is 62.3 Å². The summed E-state index contributed by atoms with van der Waals surface area (Å²) in [5.41, 5.74) is -0.738. The fraction of sp³-hybridized carbons (Fsp3) is 0.706. The fourth-order valence-electron chi connectivity index (χ4n) is 3.22. The lowest BCUT2D eigenvalue weighted by Crippen LogP contribution is -2.60. The van der Waals surface area contributed by atoms with Crippen molar-refractivity contribution in [1.29, 1.82) is 0 Å². The summed E-state index contributed by atoms with van der Waals surface area (Å²) in [6.45, 7) is 7.33. The first-order valence-corrected chi connectivity index (χ1v) is 9.44. The summed E-state index contributed by atoms with van der Waals surface area (Å²) in [5, 5.41) is 4.02. The van der Waals surface area contributed by atoms with Crippen molar-refractivity contribution in [3.63, 3.8) is 0 Å².